The highest BCUT2D eigenvalue weighted by Crippen LogP contribution is 2.25. The van der Waals surface area contributed by atoms with Gasteiger partial charge >= 0.3 is 0 Å². The smallest absolute Gasteiger partial charge is 0.253 e. The van der Waals surface area contributed by atoms with Gasteiger partial charge in [-0.05, 0) is 43.9 Å². The van der Waals surface area contributed by atoms with Crippen molar-refractivity contribution in [2.75, 3.05) is 29.9 Å². The molecule has 3 N–H and O–H groups in total. The normalized spacial score (nSPS) is 25.3. The van der Waals surface area contributed by atoms with Gasteiger partial charge in [-0.1, -0.05) is 6.07 Å². The van der Waals surface area contributed by atoms with Gasteiger partial charge in [0.2, 0.25) is 0 Å². The van der Waals surface area contributed by atoms with Crippen LogP contribution in [0.25, 0.3) is 0 Å². The third-order valence-corrected chi connectivity index (χ3v) is 4.25. The molecule has 1 aromatic rings. The van der Waals surface area contributed by atoms with Crippen LogP contribution in [0.2, 0.25) is 0 Å². The molecule has 0 aliphatic carbocycles. The second-order valence-corrected chi connectivity index (χ2v) is 5.79. The van der Waals surface area contributed by atoms with Crippen LogP contribution in [0, 0.1) is 0 Å². The number of nitrogens with two attached hydrogens (primary N) is 1. The number of nitrogens with one attached hydrogen (secondary N) is 1. The number of carbonyl (C=O) groups is 1. The van der Waals surface area contributed by atoms with Crippen LogP contribution in [-0.4, -0.2) is 37.7 Å². The first kappa shape index (κ1) is 14.4. The van der Waals surface area contributed by atoms with Crippen molar-refractivity contribution in [1.29, 1.82) is 0 Å². The second-order valence-electron chi connectivity index (χ2n) is 5.79. The van der Waals surface area contributed by atoms with Crippen molar-refractivity contribution in [3.8, 4) is 0 Å². The molecule has 5 nitrogen and oxygen atoms in total. The molecular formula is C16H23N3O2. The predicted octanol–water partition coefficient (Wildman–Crippen LogP) is 1.73. The molecular weight excluding hydrogens is 266 g/mol. The molecule has 21 heavy (non-hydrogen) atoms. The third kappa shape index (κ3) is 3.36. The zero-order chi connectivity index (χ0) is 14.7. The molecule has 1 amide bonds. The van der Waals surface area contributed by atoms with Crippen LogP contribution in [-0.2, 0) is 9.53 Å². The Hall–Kier alpha value is -1.59. The molecule has 0 spiro atoms. The number of nitrogens with zero attached hydrogens (tertiary/aromatic N) is 1. The first-order valence-electron chi connectivity index (χ1n) is 7.77. The molecule has 0 saturated carbocycles. The van der Waals surface area contributed by atoms with Crippen LogP contribution in [0.4, 0.5) is 11.4 Å². The van der Waals surface area contributed by atoms with Gasteiger partial charge < -0.3 is 20.7 Å². The first-order chi connectivity index (χ1) is 10.3. The highest BCUT2D eigenvalue weighted by molar-refractivity contribution is 5.94. The largest absolute Gasteiger partial charge is 0.371 e. The standard InChI is InChI=1S/C16H23N3O2/c17-11-14-6-7-15(21-14)16(20)18-12-4-3-5-13(10-12)19-8-1-2-9-19/h3-5,10,14-15H,1-2,6-9,11,17H2,(H,18,20). The Bertz CT molecular complexity index is 500. The molecule has 114 valence electrons. The maximum Gasteiger partial charge on any atom is 0.253 e. The van der Waals surface area contributed by atoms with E-state index in [2.05, 4.69) is 16.3 Å². The van der Waals surface area contributed by atoms with Crippen LogP contribution < -0.4 is 16.0 Å². The maximum absolute atomic E-state index is 12.2. The monoisotopic (exact) mass is 289 g/mol. The van der Waals surface area contributed by atoms with E-state index in [1.165, 1.54) is 18.5 Å². The fourth-order valence-electron chi connectivity index (χ4n) is 3.05. The topological polar surface area (TPSA) is 67.6 Å². The van der Waals surface area contributed by atoms with Crippen LogP contribution in [0.1, 0.15) is 25.7 Å². The summed E-state index contributed by atoms with van der Waals surface area (Å²) in [5.41, 5.74) is 7.59. The number of hydrogen-bond acceptors (Lipinski definition) is 4. The van der Waals surface area contributed by atoms with Crippen molar-refractivity contribution in [3.05, 3.63) is 24.3 Å². The first-order valence-corrected chi connectivity index (χ1v) is 7.77. The molecule has 2 saturated heterocycles. The van der Waals surface area contributed by atoms with Crippen molar-refractivity contribution in [2.45, 2.75) is 37.9 Å². The summed E-state index contributed by atoms with van der Waals surface area (Å²) in [6.07, 6.45) is 3.76. The lowest BCUT2D eigenvalue weighted by molar-refractivity contribution is -0.126. The summed E-state index contributed by atoms with van der Waals surface area (Å²) in [4.78, 5) is 14.6. The van der Waals surface area contributed by atoms with E-state index in [4.69, 9.17) is 10.5 Å². The van der Waals surface area contributed by atoms with Crippen LogP contribution in [0.15, 0.2) is 24.3 Å². The van der Waals surface area contributed by atoms with Gasteiger partial charge in [-0.15, -0.1) is 0 Å². The minimum atomic E-state index is -0.367. The molecule has 0 aromatic heterocycles. The predicted molar refractivity (Wildman–Crippen MR) is 83.5 cm³/mol. The molecule has 2 fully saturated rings. The molecule has 2 unspecified atom stereocenters. The fraction of sp³-hybridized carbons (Fsp3) is 0.562. The van der Waals surface area contributed by atoms with Crippen molar-refractivity contribution in [1.82, 2.24) is 0 Å². The van der Waals surface area contributed by atoms with Gasteiger partial charge in [-0.2, -0.15) is 0 Å². The van der Waals surface area contributed by atoms with E-state index < -0.39 is 0 Å². The van der Waals surface area contributed by atoms with Gasteiger partial charge in [-0.25, -0.2) is 0 Å². The summed E-state index contributed by atoms with van der Waals surface area (Å²) in [7, 11) is 0. The van der Waals surface area contributed by atoms with Crippen molar-refractivity contribution < 1.29 is 9.53 Å². The number of ether oxygens (including phenoxy) is 1. The number of benzene rings is 1. The Balaban J connectivity index is 1.62. The quantitative estimate of drug-likeness (QED) is 0.886. The summed E-state index contributed by atoms with van der Waals surface area (Å²) in [5.74, 6) is -0.0653. The Morgan fingerprint density at radius 1 is 1.33 bits per heavy atom. The van der Waals surface area contributed by atoms with E-state index in [1.807, 2.05) is 18.2 Å². The summed E-state index contributed by atoms with van der Waals surface area (Å²) in [6, 6.07) is 8.05. The molecule has 2 aliphatic rings. The van der Waals surface area contributed by atoms with Gasteiger partial charge in [-0.3, -0.25) is 4.79 Å². The lowest BCUT2D eigenvalue weighted by atomic mass is 10.2. The summed E-state index contributed by atoms with van der Waals surface area (Å²) >= 11 is 0. The van der Waals surface area contributed by atoms with E-state index in [0.717, 1.165) is 31.6 Å². The summed E-state index contributed by atoms with van der Waals surface area (Å²) < 4.78 is 5.63. The molecule has 2 heterocycles. The Morgan fingerprint density at radius 3 is 2.86 bits per heavy atom. The van der Waals surface area contributed by atoms with Crippen molar-refractivity contribution in [3.63, 3.8) is 0 Å². The Morgan fingerprint density at radius 2 is 2.14 bits per heavy atom. The van der Waals surface area contributed by atoms with Gasteiger partial charge in [0.15, 0.2) is 0 Å². The number of amides is 1. The highest BCUT2D eigenvalue weighted by atomic mass is 16.5. The van der Waals surface area contributed by atoms with Crippen LogP contribution >= 0.6 is 0 Å². The SMILES string of the molecule is NCC1CCC(C(=O)Nc2cccc(N3CCCC3)c2)O1. The maximum atomic E-state index is 12.2. The van der Waals surface area contributed by atoms with Gasteiger partial charge in [0.05, 0.1) is 6.10 Å². The Kier molecular flexibility index (Phi) is 4.41. The van der Waals surface area contributed by atoms with E-state index in [1.54, 1.807) is 0 Å². The van der Waals surface area contributed by atoms with Gasteiger partial charge in [0.25, 0.3) is 5.91 Å². The molecule has 1 aromatic carbocycles. The average molecular weight is 289 g/mol. The Labute approximate surface area is 125 Å². The highest BCUT2D eigenvalue weighted by Gasteiger charge is 2.29. The average Bonchev–Trinajstić information content (AvgIpc) is 3.19. The van der Waals surface area contributed by atoms with E-state index in [9.17, 15) is 4.79 Å². The van der Waals surface area contributed by atoms with Crippen molar-refractivity contribution in [2.24, 2.45) is 5.73 Å². The van der Waals surface area contributed by atoms with Crippen LogP contribution in [0.5, 0.6) is 0 Å². The van der Waals surface area contributed by atoms with E-state index in [-0.39, 0.29) is 18.1 Å². The minimum absolute atomic E-state index is 0.0247. The number of hydrogen-bond donors (Lipinski definition) is 2. The summed E-state index contributed by atoms with van der Waals surface area (Å²) in [6.45, 7) is 2.68. The molecule has 3 rings (SSSR count). The lowest BCUT2D eigenvalue weighted by Crippen LogP contribution is -2.29. The van der Waals surface area contributed by atoms with Gasteiger partial charge in [0.1, 0.15) is 6.10 Å². The lowest BCUT2D eigenvalue weighted by Gasteiger charge is -2.19. The fourth-order valence-corrected chi connectivity index (χ4v) is 3.05. The number of carbonyl (C=O) groups excluding carboxylic acids is 1. The minimum Gasteiger partial charge on any atom is -0.371 e. The second kappa shape index (κ2) is 6.45. The molecule has 2 atom stereocenters. The zero-order valence-corrected chi connectivity index (χ0v) is 12.3. The molecule has 5 heteroatoms. The van der Waals surface area contributed by atoms with E-state index >= 15 is 0 Å². The number of anilines is 2. The van der Waals surface area contributed by atoms with Gasteiger partial charge in [0, 0.05) is 31.0 Å². The summed E-state index contributed by atoms with van der Waals surface area (Å²) in [5, 5.41) is 2.96. The van der Waals surface area contributed by atoms with E-state index in [0.29, 0.717) is 6.54 Å². The van der Waals surface area contributed by atoms with Crippen molar-refractivity contribution >= 4 is 17.3 Å². The van der Waals surface area contributed by atoms with Crippen LogP contribution in [0.3, 0.4) is 0 Å². The number of rotatable bonds is 4. The molecule has 2 aliphatic heterocycles. The molecule has 0 bridgehead atoms. The zero-order valence-electron chi connectivity index (χ0n) is 12.3. The molecule has 0 radical (unpaired) electrons. The third-order valence-electron chi connectivity index (χ3n) is 4.25.